The summed E-state index contributed by atoms with van der Waals surface area (Å²) in [5, 5.41) is 0. The molecule has 0 spiro atoms. The number of benzene rings is 2. The minimum atomic E-state index is 0.803. The van der Waals surface area contributed by atoms with Crippen molar-refractivity contribution in [3.8, 4) is 0 Å². The van der Waals surface area contributed by atoms with E-state index in [1.165, 1.54) is 36.8 Å². The maximum absolute atomic E-state index is 2.39. The smallest absolute Gasteiger partial charge is 0.0697 e. The Morgan fingerprint density at radius 2 is 1.35 bits per heavy atom. The van der Waals surface area contributed by atoms with Crippen molar-refractivity contribution in [3.05, 3.63) is 71.3 Å². The summed E-state index contributed by atoms with van der Waals surface area (Å²) in [5.74, 6) is 1.74. The second-order valence-corrected chi connectivity index (χ2v) is 6.36. The second kappa shape index (κ2) is 6.30. The lowest BCUT2D eigenvalue weighted by Crippen LogP contribution is -2.09. The van der Waals surface area contributed by atoms with Gasteiger partial charge in [-0.1, -0.05) is 73.3 Å². The van der Waals surface area contributed by atoms with Crippen LogP contribution >= 0.6 is 0 Å². The Kier molecular flexibility index (Phi) is 4.25. The summed E-state index contributed by atoms with van der Waals surface area (Å²) < 4.78 is 0. The number of rotatable bonds is 3. The molecule has 2 aromatic carbocycles. The third-order valence-corrected chi connectivity index (χ3v) is 4.72. The molecule has 3 rings (SSSR count). The van der Waals surface area contributed by atoms with Gasteiger partial charge in [-0.25, -0.2) is 0 Å². The maximum atomic E-state index is 2.39. The van der Waals surface area contributed by atoms with Gasteiger partial charge in [0.25, 0.3) is 0 Å². The van der Waals surface area contributed by atoms with Crippen molar-refractivity contribution < 1.29 is 0 Å². The SMILES string of the molecule is BC1CCC(c2ccc(Cc3ccccc3)cc2)CC1. The zero-order chi connectivity index (χ0) is 13.8. The third kappa shape index (κ3) is 3.33. The lowest BCUT2D eigenvalue weighted by atomic mass is 9.70. The van der Waals surface area contributed by atoms with Gasteiger partial charge in [-0.2, -0.15) is 0 Å². The summed E-state index contributed by atoms with van der Waals surface area (Å²) in [5.41, 5.74) is 4.37. The van der Waals surface area contributed by atoms with Crippen LogP contribution in [0.1, 0.15) is 48.3 Å². The molecule has 0 radical (unpaired) electrons. The van der Waals surface area contributed by atoms with E-state index in [2.05, 4.69) is 62.4 Å². The number of hydrogen-bond acceptors (Lipinski definition) is 0. The van der Waals surface area contributed by atoms with Gasteiger partial charge in [0.15, 0.2) is 0 Å². The summed E-state index contributed by atoms with van der Waals surface area (Å²) in [6.07, 6.45) is 6.59. The van der Waals surface area contributed by atoms with Gasteiger partial charge in [0.05, 0.1) is 0 Å². The van der Waals surface area contributed by atoms with Crippen molar-refractivity contribution in [2.24, 2.45) is 0 Å². The Balaban J connectivity index is 1.65. The van der Waals surface area contributed by atoms with Gasteiger partial charge in [0, 0.05) is 0 Å². The summed E-state index contributed by atoms with van der Waals surface area (Å²) in [4.78, 5) is 0. The quantitative estimate of drug-likeness (QED) is 0.721. The van der Waals surface area contributed by atoms with E-state index in [1.54, 1.807) is 5.56 Å². The van der Waals surface area contributed by atoms with Crippen molar-refractivity contribution in [2.75, 3.05) is 0 Å². The average Bonchev–Trinajstić information content (AvgIpc) is 2.50. The van der Waals surface area contributed by atoms with E-state index in [-0.39, 0.29) is 0 Å². The highest BCUT2D eigenvalue weighted by molar-refractivity contribution is 6.11. The van der Waals surface area contributed by atoms with Crippen LogP contribution in [-0.4, -0.2) is 7.85 Å². The molecule has 20 heavy (non-hydrogen) atoms. The molecule has 0 aliphatic heterocycles. The van der Waals surface area contributed by atoms with Gasteiger partial charge in [0.1, 0.15) is 7.85 Å². The minimum Gasteiger partial charge on any atom is -0.0697 e. The van der Waals surface area contributed by atoms with Crippen LogP contribution < -0.4 is 0 Å². The predicted octanol–water partition coefficient (Wildman–Crippen LogP) is 4.36. The molecule has 0 atom stereocenters. The van der Waals surface area contributed by atoms with E-state index in [4.69, 9.17) is 0 Å². The lowest BCUT2D eigenvalue weighted by Gasteiger charge is -2.26. The van der Waals surface area contributed by atoms with E-state index >= 15 is 0 Å². The fourth-order valence-electron chi connectivity index (χ4n) is 3.33. The third-order valence-electron chi connectivity index (χ3n) is 4.72. The van der Waals surface area contributed by atoms with E-state index in [0.717, 1.165) is 18.2 Å². The van der Waals surface area contributed by atoms with Crippen LogP contribution in [-0.2, 0) is 6.42 Å². The van der Waals surface area contributed by atoms with Crippen LogP contribution in [0.15, 0.2) is 54.6 Å². The molecule has 0 aromatic heterocycles. The van der Waals surface area contributed by atoms with Crippen LogP contribution in [0, 0.1) is 0 Å². The molecule has 1 saturated carbocycles. The van der Waals surface area contributed by atoms with Gasteiger partial charge in [-0.05, 0) is 41.9 Å². The van der Waals surface area contributed by atoms with E-state index in [0.29, 0.717) is 0 Å². The summed E-state index contributed by atoms with van der Waals surface area (Å²) in [7, 11) is 2.39. The van der Waals surface area contributed by atoms with Crippen molar-refractivity contribution in [2.45, 2.75) is 43.8 Å². The van der Waals surface area contributed by atoms with Crippen LogP contribution in [0.5, 0.6) is 0 Å². The van der Waals surface area contributed by atoms with E-state index in [1.807, 2.05) is 0 Å². The standard InChI is InChI=1S/C19H23B/c20-19-12-10-18(11-13-19)17-8-6-16(7-9-17)14-15-4-2-1-3-5-15/h1-9,18-19H,10-14,20H2. The van der Waals surface area contributed by atoms with Crippen molar-refractivity contribution in [3.63, 3.8) is 0 Å². The number of hydrogen-bond donors (Lipinski definition) is 0. The first-order valence-corrected chi connectivity index (χ1v) is 7.94. The Hall–Kier alpha value is -1.50. The molecule has 0 N–H and O–H groups in total. The maximum Gasteiger partial charge on any atom is 0.105 e. The zero-order valence-corrected chi connectivity index (χ0v) is 12.4. The molecule has 1 aliphatic carbocycles. The molecule has 1 heteroatoms. The van der Waals surface area contributed by atoms with E-state index < -0.39 is 0 Å². The van der Waals surface area contributed by atoms with Crippen molar-refractivity contribution in [1.82, 2.24) is 0 Å². The molecule has 2 aromatic rings. The fraction of sp³-hybridized carbons (Fsp3) is 0.368. The molecule has 0 bridgehead atoms. The molecule has 0 saturated heterocycles. The predicted molar refractivity (Wildman–Crippen MR) is 89.2 cm³/mol. The highest BCUT2D eigenvalue weighted by atomic mass is 14.2. The topological polar surface area (TPSA) is 0 Å². The molecular formula is C19H23B. The zero-order valence-electron chi connectivity index (χ0n) is 12.4. The molecule has 0 unspecified atom stereocenters. The summed E-state index contributed by atoms with van der Waals surface area (Å²) in [6.45, 7) is 0. The highest BCUT2D eigenvalue weighted by Gasteiger charge is 2.19. The Morgan fingerprint density at radius 3 is 2.00 bits per heavy atom. The van der Waals surface area contributed by atoms with Crippen molar-refractivity contribution >= 4 is 7.85 Å². The minimum absolute atomic E-state index is 0.803. The van der Waals surface area contributed by atoms with Crippen LogP contribution in [0.25, 0.3) is 0 Å². The Morgan fingerprint density at radius 1 is 0.750 bits per heavy atom. The summed E-state index contributed by atoms with van der Waals surface area (Å²) in [6, 6.07) is 20.1. The van der Waals surface area contributed by atoms with Gasteiger partial charge < -0.3 is 0 Å². The summed E-state index contributed by atoms with van der Waals surface area (Å²) >= 11 is 0. The normalized spacial score (nSPS) is 22.6. The molecule has 0 amide bonds. The van der Waals surface area contributed by atoms with Crippen LogP contribution in [0.3, 0.4) is 0 Å². The molecular weight excluding hydrogens is 239 g/mol. The van der Waals surface area contributed by atoms with Gasteiger partial charge in [0.2, 0.25) is 0 Å². The fourth-order valence-corrected chi connectivity index (χ4v) is 3.33. The highest BCUT2D eigenvalue weighted by Crippen LogP contribution is 2.37. The first-order chi connectivity index (χ1) is 9.81. The van der Waals surface area contributed by atoms with E-state index in [9.17, 15) is 0 Å². The lowest BCUT2D eigenvalue weighted by molar-refractivity contribution is 0.444. The second-order valence-electron chi connectivity index (χ2n) is 6.36. The molecule has 1 aliphatic rings. The van der Waals surface area contributed by atoms with Gasteiger partial charge >= 0.3 is 0 Å². The van der Waals surface area contributed by atoms with Crippen LogP contribution in [0.2, 0.25) is 5.82 Å². The first-order valence-electron chi connectivity index (χ1n) is 7.94. The largest absolute Gasteiger partial charge is 0.105 e. The van der Waals surface area contributed by atoms with Crippen molar-refractivity contribution in [1.29, 1.82) is 0 Å². The first kappa shape index (κ1) is 13.5. The molecule has 0 nitrogen and oxygen atoms in total. The van der Waals surface area contributed by atoms with Crippen LogP contribution in [0.4, 0.5) is 0 Å². The average molecular weight is 262 g/mol. The molecule has 1 fully saturated rings. The molecule has 0 heterocycles. The monoisotopic (exact) mass is 262 g/mol. The van der Waals surface area contributed by atoms with Gasteiger partial charge in [-0.3, -0.25) is 0 Å². The molecule has 102 valence electrons. The van der Waals surface area contributed by atoms with Gasteiger partial charge in [-0.15, -0.1) is 0 Å². The Labute approximate surface area is 123 Å². The Bertz CT molecular complexity index is 521.